The first-order valence-electron chi connectivity index (χ1n) is 5.23. The van der Waals surface area contributed by atoms with Crippen LogP contribution in [0.5, 0.6) is 0 Å². The van der Waals surface area contributed by atoms with Crippen molar-refractivity contribution in [2.75, 3.05) is 19.5 Å². The number of benzene rings is 1. The van der Waals surface area contributed by atoms with E-state index in [1.54, 1.807) is 6.07 Å². The van der Waals surface area contributed by atoms with Crippen LogP contribution in [0.25, 0.3) is 0 Å². The number of hydrogen-bond donors (Lipinski definition) is 3. The standard InChI is InChI=1S/C11H12Cl2N2O3S2/c1-15(11(19,20)9(16)18-2)10(17)14-6-3-4-7(12)8(13)5-6/h3-5,19-20H,1-2H3,(H,14,17). The van der Waals surface area contributed by atoms with Gasteiger partial charge in [-0.2, -0.15) is 0 Å². The summed E-state index contributed by atoms with van der Waals surface area (Å²) in [6.45, 7) is 0. The number of likely N-dealkylation sites (N-methyl/N-ethyl adjacent to an activating group) is 1. The van der Waals surface area contributed by atoms with Crippen molar-refractivity contribution in [1.82, 2.24) is 4.90 Å². The molecule has 0 fully saturated rings. The Hall–Kier alpha value is -0.760. The molecule has 1 aromatic rings. The number of urea groups is 1. The molecule has 0 unspecified atom stereocenters. The van der Waals surface area contributed by atoms with Crippen molar-refractivity contribution in [3.05, 3.63) is 28.2 Å². The highest BCUT2D eigenvalue weighted by molar-refractivity contribution is 8.01. The van der Waals surface area contributed by atoms with Gasteiger partial charge in [0.2, 0.25) is 4.20 Å². The third-order valence-electron chi connectivity index (χ3n) is 2.40. The van der Waals surface area contributed by atoms with Crippen LogP contribution in [0.4, 0.5) is 10.5 Å². The molecule has 0 aromatic heterocycles. The van der Waals surface area contributed by atoms with E-state index in [1.807, 2.05) is 0 Å². The number of rotatable bonds is 3. The van der Waals surface area contributed by atoms with Gasteiger partial charge in [-0.05, 0) is 18.2 Å². The van der Waals surface area contributed by atoms with Crippen LogP contribution in [-0.2, 0) is 9.53 Å². The number of carbonyl (C=O) groups excluding carboxylic acids is 2. The summed E-state index contributed by atoms with van der Waals surface area (Å²) in [6, 6.07) is 3.97. The monoisotopic (exact) mass is 354 g/mol. The van der Waals surface area contributed by atoms with E-state index in [4.69, 9.17) is 23.2 Å². The van der Waals surface area contributed by atoms with E-state index in [2.05, 4.69) is 35.3 Å². The van der Waals surface area contributed by atoms with Gasteiger partial charge < -0.3 is 10.1 Å². The van der Waals surface area contributed by atoms with Crippen molar-refractivity contribution >= 4 is 66.1 Å². The first kappa shape index (κ1) is 17.3. The Kier molecular flexibility index (Phi) is 5.88. The molecule has 0 saturated heterocycles. The van der Waals surface area contributed by atoms with Gasteiger partial charge in [0.15, 0.2) is 0 Å². The molecule has 9 heteroatoms. The number of carbonyl (C=O) groups is 2. The average Bonchev–Trinajstić information content (AvgIpc) is 2.40. The van der Waals surface area contributed by atoms with Crippen LogP contribution < -0.4 is 5.32 Å². The average molecular weight is 355 g/mol. The number of nitrogens with zero attached hydrogens (tertiary/aromatic N) is 1. The van der Waals surface area contributed by atoms with Gasteiger partial charge in [-0.25, -0.2) is 9.59 Å². The van der Waals surface area contributed by atoms with E-state index < -0.39 is 16.2 Å². The molecule has 0 spiro atoms. The minimum Gasteiger partial charge on any atom is -0.466 e. The number of amides is 2. The summed E-state index contributed by atoms with van der Waals surface area (Å²) in [6.07, 6.45) is 0. The molecule has 0 aliphatic rings. The van der Waals surface area contributed by atoms with Gasteiger partial charge in [-0.3, -0.25) is 4.90 Å². The molecule has 0 saturated carbocycles. The molecule has 0 atom stereocenters. The summed E-state index contributed by atoms with van der Waals surface area (Å²) in [5.74, 6) is -0.782. The van der Waals surface area contributed by atoms with E-state index in [0.29, 0.717) is 15.7 Å². The van der Waals surface area contributed by atoms with Crippen LogP contribution in [0.15, 0.2) is 18.2 Å². The topological polar surface area (TPSA) is 58.6 Å². The van der Waals surface area contributed by atoms with Crippen LogP contribution in [0.1, 0.15) is 0 Å². The Bertz CT molecular complexity index is 540. The molecule has 0 heterocycles. The Labute approximate surface area is 137 Å². The minimum atomic E-state index is -1.70. The lowest BCUT2D eigenvalue weighted by Crippen LogP contribution is -2.49. The highest BCUT2D eigenvalue weighted by Crippen LogP contribution is 2.28. The zero-order valence-corrected chi connectivity index (χ0v) is 13.9. The Morgan fingerprint density at radius 1 is 1.30 bits per heavy atom. The molecule has 0 bridgehead atoms. The number of methoxy groups -OCH3 is 1. The van der Waals surface area contributed by atoms with Gasteiger partial charge in [0.1, 0.15) is 0 Å². The van der Waals surface area contributed by atoms with Gasteiger partial charge in [0.05, 0.1) is 17.2 Å². The predicted molar refractivity (Wildman–Crippen MR) is 86.0 cm³/mol. The lowest BCUT2D eigenvalue weighted by Gasteiger charge is -2.30. The lowest BCUT2D eigenvalue weighted by molar-refractivity contribution is -0.143. The Morgan fingerprint density at radius 2 is 1.90 bits per heavy atom. The molecular weight excluding hydrogens is 343 g/mol. The Balaban J connectivity index is 2.85. The first-order valence-corrected chi connectivity index (χ1v) is 6.88. The van der Waals surface area contributed by atoms with Crippen molar-refractivity contribution in [1.29, 1.82) is 0 Å². The third kappa shape index (κ3) is 3.88. The van der Waals surface area contributed by atoms with Crippen molar-refractivity contribution in [3.8, 4) is 0 Å². The fourth-order valence-electron chi connectivity index (χ4n) is 1.20. The minimum absolute atomic E-state index is 0.295. The molecule has 110 valence electrons. The molecule has 2 amide bonds. The number of anilines is 1. The van der Waals surface area contributed by atoms with Gasteiger partial charge in [-0.1, -0.05) is 23.2 Å². The summed E-state index contributed by atoms with van der Waals surface area (Å²) in [5.41, 5.74) is 0.415. The zero-order valence-electron chi connectivity index (χ0n) is 10.6. The molecule has 0 aliphatic carbocycles. The van der Waals surface area contributed by atoms with Crippen LogP contribution >= 0.6 is 48.5 Å². The van der Waals surface area contributed by atoms with Crippen LogP contribution in [0.2, 0.25) is 10.0 Å². The lowest BCUT2D eigenvalue weighted by atomic mass is 10.3. The van der Waals surface area contributed by atoms with E-state index in [0.717, 1.165) is 4.90 Å². The second kappa shape index (κ2) is 6.80. The molecule has 0 radical (unpaired) electrons. The molecule has 0 aliphatic heterocycles. The number of thiol groups is 2. The second-order valence-corrected chi connectivity index (χ2v) is 6.21. The number of ether oxygens (including phenoxy) is 1. The molecule has 1 N–H and O–H groups in total. The van der Waals surface area contributed by atoms with Crippen molar-refractivity contribution in [2.24, 2.45) is 0 Å². The van der Waals surface area contributed by atoms with Crippen LogP contribution in [-0.4, -0.2) is 35.3 Å². The zero-order chi connectivity index (χ0) is 15.5. The predicted octanol–water partition coefficient (Wildman–Crippen LogP) is 3.14. The first-order chi connectivity index (χ1) is 9.20. The summed E-state index contributed by atoms with van der Waals surface area (Å²) in [4.78, 5) is 24.5. The molecule has 20 heavy (non-hydrogen) atoms. The van der Waals surface area contributed by atoms with E-state index in [1.165, 1.54) is 26.3 Å². The molecule has 1 aromatic carbocycles. The largest absolute Gasteiger partial charge is 0.466 e. The SMILES string of the molecule is COC(=O)C(S)(S)N(C)C(=O)Nc1ccc(Cl)c(Cl)c1. The maximum atomic E-state index is 12.0. The fourth-order valence-corrected chi connectivity index (χ4v) is 1.86. The quantitative estimate of drug-likeness (QED) is 0.444. The van der Waals surface area contributed by atoms with Crippen molar-refractivity contribution < 1.29 is 14.3 Å². The molecule has 1 rings (SSSR count). The fraction of sp³-hybridized carbons (Fsp3) is 0.273. The maximum Gasteiger partial charge on any atom is 0.352 e. The second-order valence-electron chi connectivity index (χ2n) is 3.75. The van der Waals surface area contributed by atoms with E-state index in [9.17, 15) is 9.59 Å². The number of nitrogens with one attached hydrogen (secondary N) is 1. The highest BCUT2D eigenvalue weighted by atomic mass is 35.5. The third-order valence-corrected chi connectivity index (χ3v) is 4.11. The van der Waals surface area contributed by atoms with Crippen LogP contribution in [0, 0.1) is 0 Å². The summed E-state index contributed by atoms with van der Waals surface area (Å²) < 4.78 is 2.82. The van der Waals surface area contributed by atoms with Gasteiger partial charge in [-0.15, -0.1) is 25.3 Å². The van der Waals surface area contributed by atoms with Gasteiger partial charge in [0, 0.05) is 12.7 Å². The number of esters is 1. The van der Waals surface area contributed by atoms with E-state index in [-0.39, 0.29) is 0 Å². The highest BCUT2D eigenvalue weighted by Gasteiger charge is 2.39. The van der Waals surface area contributed by atoms with E-state index >= 15 is 0 Å². The smallest absolute Gasteiger partial charge is 0.352 e. The maximum absolute atomic E-state index is 12.0. The van der Waals surface area contributed by atoms with Crippen LogP contribution in [0.3, 0.4) is 0 Å². The van der Waals surface area contributed by atoms with Crippen molar-refractivity contribution in [2.45, 2.75) is 4.20 Å². The Morgan fingerprint density at radius 3 is 2.40 bits per heavy atom. The summed E-state index contributed by atoms with van der Waals surface area (Å²) in [5, 5.41) is 3.19. The van der Waals surface area contributed by atoms with Gasteiger partial charge >= 0.3 is 12.0 Å². The normalized spacial score (nSPS) is 10.9. The molecular formula is C11H12Cl2N2O3S2. The van der Waals surface area contributed by atoms with Crippen molar-refractivity contribution in [3.63, 3.8) is 0 Å². The summed E-state index contributed by atoms with van der Waals surface area (Å²) in [7, 11) is 2.53. The molecule has 5 nitrogen and oxygen atoms in total. The van der Waals surface area contributed by atoms with Gasteiger partial charge in [0.25, 0.3) is 0 Å². The number of halogens is 2. The number of hydrogen-bond acceptors (Lipinski definition) is 5. The summed E-state index contributed by atoms with van der Waals surface area (Å²) >= 11 is 19.6.